The molecule has 0 aliphatic rings. The summed E-state index contributed by atoms with van der Waals surface area (Å²) in [7, 11) is 0. The zero-order valence-electron chi connectivity index (χ0n) is 28.6. The van der Waals surface area contributed by atoms with Gasteiger partial charge in [-0.25, -0.2) is 9.97 Å². The Labute approximate surface area is 291 Å². The lowest BCUT2D eigenvalue weighted by atomic mass is 10.0. The summed E-state index contributed by atoms with van der Waals surface area (Å²) in [5.74, 6) is 0.721. The van der Waals surface area contributed by atoms with E-state index in [9.17, 15) is 0 Å². The molecule has 50 heavy (non-hydrogen) atoms. The van der Waals surface area contributed by atoms with Gasteiger partial charge in [-0.3, -0.25) is 0 Å². The maximum absolute atomic E-state index is 5.12. The van der Waals surface area contributed by atoms with Crippen molar-refractivity contribution in [3.8, 4) is 45.1 Å². The number of para-hydroxylation sites is 3. The van der Waals surface area contributed by atoms with Crippen LogP contribution in [0.5, 0.6) is 0 Å². The summed E-state index contributed by atoms with van der Waals surface area (Å²) < 4.78 is 4.82. The molecule has 0 aliphatic heterocycles. The molecule has 9 rings (SSSR count). The van der Waals surface area contributed by atoms with Crippen LogP contribution in [0.3, 0.4) is 0 Å². The van der Waals surface area contributed by atoms with E-state index < -0.39 is 0 Å². The Bertz CT molecular complexity index is 2630. The number of hydrogen-bond acceptors (Lipinski definition) is 2. The number of fused-ring (bicyclic) bond motifs is 3. The minimum absolute atomic E-state index is 0.721. The average molecular weight is 645 g/mol. The molecule has 0 aliphatic carbocycles. The van der Waals surface area contributed by atoms with Crippen LogP contribution >= 0.6 is 0 Å². The summed E-state index contributed by atoms with van der Waals surface area (Å²) in [4.78, 5) is 10.1. The van der Waals surface area contributed by atoms with Crippen LogP contribution in [0.4, 0.5) is 0 Å². The van der Waals surface area contributed by atoms with E-state index in [1.165, 1.54) is 44.3 Å². The first kappa shape index (κ1) is 29.8. The van der Waals surface area contributed by atoms with Crippen molar-refractivity contribution >= 4 is 32.7 Å². The lowest BCUT2D eigenvalue weighted by Crippen LogP contribution is -2.02. The summed E-state index contributed by atoms with van der Waals surface area (Å²) in [6, 6.07) is 51.8. The quantitative estimate of drug-likeness (QED) is 0.187. The molecule has 0 saturated carbocycles. The molecule has 6 aromatic carbocycles. The largest absolute Gasteiger partial charge is 0.314 e. The second kappa shape index (κ2) is 11.7. The summed E-state index contributed by atoms with van der Waals surface area (Å²) in [6.07, 6.45) is 0. The Morgan fingerprint density at radius 2 is 0.900 bits per heavy atom. The maximum atomic E-state index is 5.12. The zero-order chi connectivity index (χ0) is 33.9. The van der Waals surface area contributed by atoms with Crippen molar-refractivity contribution in [2.45, 2.75) is 27.7 Å². The molecule has 0 fully saturated rings. The van der Waals surface area contributed by atoms with Crippen molar-refractivity contribution < 1.29 is 0 Å². The molecule has 0 radical (unpaired) electrons. The molecule has 0 spiro atoms. The van der Waals surface area contributed by atoms with Gasteiger partial charge in [0.25, 0.3) is 0 Å². The van der Waals surface area contributed by atoms with E-state index in [4.69, 9.17) is 9.97 Å². The van der Waals surface area contributed by atoms with Gasteiger partial charge >= 0.3 is 0 Å². The zero-order valence-corrected chi connectivity index (χ0v) is 28.6. The molecule has 0 N–H and O–H groups in total. The normalized spacial score (nSPS) is 11.6. The average Bonchev–Trinajstić information content (AvgIpc) is 3.58. The van der Waals surface area contributed by atoms with Crippen molar-refractivity contribution in [3.63, 3.8) is 0 Å². The van der Waals surface area contributed by atoms with Crippen LogP contribution in [0.15, 0.2) is 146 Å². The van der Waals surface area contributed by atoms with Gasteiger partial charge in [-0.05, 0) is 86.3 Å². The van der Waals surface area contributed by atoms with Crippen LogP contribution < -0.4 is 0 Å². The van der Waals surface area contributed by atoms with Gasteiger partial charge in [-0.15, -0.1) is 0 Å². The molecule has 0 amide bonds. The monoisotopic (exact) mass is 644 g/mol. The summed E-state index contributed by atoms with van der Waals surface area (Å²) in [5, 5.41) is 3.62. The molecule has 240 valence electrons. The summed E-state index contributed by atoms with van der Waals surface area (Å²) >= 11 is 0. The highest BCUT2D eigenvalue weighted by Gasteiger charge is 2.18. The predicted octanol–water partition coefficient (Wildman–Crippen LogP) is 11.8. The van der Waals surface area contributed by atoms with Crippen LogP contribution in [0.25, 0.3) is 77.9 Å². The Kier molecular flexibility index (Phi) is 6.99. The van der Waals surface area contributed by atoms with E-state index in [0.717, 1.165) is 56.0 Å². The lowest BCUT2D eigenvalue weighted by Gasteiger charge is -2.17. The molecule has 3 aromatic heterocycles. The Morgan fingerprint density at radius 1 is 0.400 bits per heavy atom. The highest BCUT2D eigenvalue weighted by atomic mass is 15.0. The predicted molar refractivity (Wildman–Crippen MR) is 208 cm³/mol. The van der Waals surface area contributed by atoms with Gasteiger partial charge in [0.2, 0.25) is 0 Å². The fraction of sp³-hybridized carbons (Fsp3) is 0.0870. The smallest absolute Gasteiger partial charge is 0.160 e. The van der Waals surface area contributed by atoms with Gasteiger partial charge in [-0.2, -0.15) is 0 Å². The standard InChI is InChI=1S/C46H36N4/c1-29-31(3)49(43-20-12-9-16-39(29)43)37-26-36(27-38(28-37)50-32(4)30(2)40-17-10-13-21-44(40)50)33-22-24-35(25-23-33)46-47-42-19-11-8-18-41(42)45(48-46)34-14-6-5-7-15-34/h5-28H,1-4H3. The van der Waals surface area contributed by atoms with Crippen molar-refractivity contribution in [3.05, 3.63) is 168 Å². The first-order valence-electron chi connectivity index (χ1n) is 17.2. The molecular weight excluding hydrogens is 609 g/mol. The number of rotatable bonds is 5. The molecule has 0 bridgehead atoms. The highest BCUT2D eigenvalue weighted by Crippen LogP contribution is 2.36. The minimum Gasteiger partial charge on any atom is -0.314 e. The van der Waals surface area contributed by atoms with Gasteiger partial charge in [0.1, 0.15) is 0 Å². The van der Waals surface area contributed by atoms with Crippen LogP contribution in [0.1, 0.15) is 22.5 Å². The van der Waals surface area contributed by atoms with E-state index in [1.54, 1.807) is 0 Å². The number of aryl methyl sites for hydroxylation is 2. The van der Waals surface area contributed by atoms with Crippen LogP contribution in [0.2, 0.25) is 0 Å². The summed E-state index contributed by atoms with van der Waals surface area (Å²) in [6.45, 7) is 8.90. The van der Waals surface area contributed by atoms with E-state index in [-0.39, 0.29) is 0 Å². The Hall–Kier alpha value is -6.26. The third-order valence-electron chi connectivity index (χ3n) is 10.4. The van der Waals surface area contributed by atoms with Crippen molar-refractivity contribution in [1.29, 1.82) is 0 Å². The highest BCUT2D eigenvalue weighted by molar-refractivity contribution is 5.94. The van der Waals surface area contributed by atoms with Crippen molar-refractivity contribution in [2.75, 3.05) is 0 Å². The molecule has 0 saturated heterocycles. The molecule has 0 atom stereocenters. The molecular formula is C46H36N4. The van der Waals surface area contributed by atoms with Crippen LogP contribution in [-0.4, -0.2) is 19.1 Å². The molecule has 3 heterocycles. The molecule has 4 nitrogen and oxygen atoms in total. The maximum Gasteiger partial charge on any atom is 0.160 e. The van der Waals surface area contributed by atoms with E-state index in [1.807, 2.05) is 18.2 Å². The van der Waals surface area contributed by atoms with E-state index >= 15 is 0 Å². The topological polar surface area (TPSA) is 35.6 Å². The Balaban J connectivity index is 1.22. The number of aromatic nitrogens is 4. The van der Waals surface area contributed by atoms with Crippen molar-refractivity contribution in [2.24, 2.45) is 0 Å². The van der Waals surface area contributed by atoms with Crippen molar-refractivity contribution in [1.82, 2.24) is 19.1 Å². The Morgan fingerprint density at radius 3 is 1.50 bits per heavy atom. The lowest BCUT2D eigenvalue weighted by molar-refractivity contribution is 1.01. The second-order valence-electron chi connectivity index (χ2n) is 13.2. The van der Waals surface area contributed by atoms with Gasteiger partial charge in [0, 0.05) is 50.0 Å². The van der Waals surface area contributed by atoms with Crippen LogP contribution in [-0.2, 0) is 0 Å². The third-order valence-corrected chi connectivity index (χ3v) is 10.4. The summed E-state index contributed by atoms with van der Waals surface area (Å²) in [5.41, 5.74) is 16.1. The number of nitrogens with zero attached hydrogens (tertiary/aromatic N) is 4. The van der Waals surface area contributed by atoms with E-state index in [0.29, 0.717) is 0 Å². The first-order valence-corrected chi connectivity index (χ1v) is 17.2. The van der Waals surface area contributed by atoms with Crippen LogP contribution in [0, 0.1) is 27.7 Å². The van der Waals surface area contributed by atoms with Gasteiger partial charge in [0.05, 0.1) is 22.2 Å². The van der Waals surface area contributed by atoms with Gasteiger partial charge in [0.15, 0.2) is 5.82 Å². The fourth-order valence-electron chi connectivity index (χ4n) is 7.58. The number of hydrogen-bond donors (Lipinski definition) is 0. The van der Waals surface area contributed by atoms with Gasteiger partial charge in [-0.1, -0.05) is 109 Å². The fourth-order valence-corrected chi connectivity index (χ4v) is 7.58. The molecule has 0 unspecified atom stereocenters. The molecule has 4 heteroatoms. The third kappa shape index (κ3) is 4.75. The molecule has 9 aromatic rings. The second-order valence-corrected chi connectivity index (χ2v) is 13.2. The van der Waals surface area contributed by atoms with Gasteiger partial charge < -0.3 is 9.13 Å². The SMILES string of the molecule is Cc1c(C)n(-c2cc(-c3ccc(-c4nc(-c5ccccc5)c5ccccc5n4)cc3)cc(-n3c(C)c(C)c4ccccc43)c2)c2ccccc12. The van der Waals surface area contributed by atoms with E-state index in [2.05, 4.69) is 164 Å². The number of benzene rings is 6. The first-order chi connectivity index (χ1) is 24.5. The minimum atomic E-state index is 0.721.